The molecule has 2 fully saturated rings. The van der Waals surface area contributed by atoms with Crippen LogP contribution in [-0.2, 0) is 4.79 Å². The first-order valence-corrected chi connectivity index (χ1v) is 8.54. The van der Waals surface area contributed by atoms with Gasteiger partial charge in [0.15, 0.2) is 0 Å². The van der Waals surface area contributed by atoms with Crippen LogP contribution in [0.15, 0.2) is 24.3 Å². The molecule has 2 aliphatic rings. The summed E-state index contributed by atoms with van der Waals surface area (Å²) in [5, 5.41) is 0. The molecule has 0 atom stereocenters. The molecular formula is C18H27N3O. The molecule has 2 saturated heterocycles. The minimum atomic E-state index is 0.311. The highest BCUT2D eigenvalue weighted by Gasteiger charge is 2.23. The number of hydrogen-bond acceptors (Lipinski definition) is 3. The molecule has 22 heavy (non-hydrogen) atoms. The second-order valence-electron chi connectivity index (χ2n) is 6.54. The molecule has 0 aliphatic carbocycles. The fourth-order valence-corrected chi connectivity index (χ4v) is 3.45. The second kappa shape index (κ2) is 7.14. The van der Waals surface area contributed by atoms with Crippen LogP contribution >= 0.6 is 0 Å². The molecule has 3 rings (SSSR count). The summed E-state index contributed by atoms with van der Waals surface area (Å²) in [6.07, 6.45) is 3.81. The van der Waals surface area contributed by atoms with E-state index < -0.39 is 0 Å². The van der Waals surface area contributed by atoms with Crippen molar-refractivity contribution in [3.63, 3.8) is 0 Å². The molecule has 0 saturated carbocycles. The quantitative estimate of drug-likeness (QED) is 0.856. The SMILES string of the molecule is Cc1cccc(N2CCN(C(=O)CN3CCCCC3)CC2)c1. The predicted molar refractivity (Wildman–Crippen MR) is 90.3 cm³/mol. The average molecular weight is 301 g/mol. The smallest absolute Gasteiger partial charge is 0.236 e. The summed E-state index contributed by atoms with van der Waals surface area (Å²) in [6, 6.07) is 8.63. The van der Waals surface area contributed by atoms with Gasteiger partial charge in [-0.3, -0.25) is 9.69 Å². The van der Waals surface area contributed by atoms with Crippen LogP contribution in [0.25, 0.3) is 0 Å². The Morgan fingerprint density at radius 1 is 1.00 bits per heavy atom. The van der Waals surface area contributed by atoms with E-state index in [1.807, 2.05) is 4.90 Å². The van der Waals surface area contributed by atoms with Gasteiger partial charge in [-0.15, -0.1) is 0 Å². The van der Waals surface area contributed by atoms with Crippen LogP contribution < -0.4 is 4.90 Å². The van der Waals surface area contributed by atoms with Gasteiger partial charge in [-0.05, 0) is 50.6 Å². The number of nitrogens with zero attached hydrogens (tertiary/aromatic N) is 3. The predicted octanol–water partition coefficient (Wildman–Crippen LogP) is 2.13. The van der Waals surface area contributed by atoms with Crippen molar-refractivity contribution >= 4 is 11.6 Å². The van der Waals surface area contributed by atoms with E-state index in [-0.39, 0.29) is 0 Å². The van der Waals surface area contributed by atoms with Gasteiger partial charge in [-0.1, -0.05) is 18.6 Å². The molecule has 4 nitrogen and oxygen atoms in total. The molecule has 0 N–H and O–H groups in total. The maximum Gasteiger partial charge on any atom is 0.236 e. The molecule has 2 heterocycles. The zero-order valence-electron chi connectivity index (χ0n) is 13.6. The Labute approximate surface area is 133 Å². The van der Waals surface area contributed by atoms with E-state index in [4.69, 9.17) is 0 Å². The molecular weight excluding hydrogens is 274 g/mol. The number of piperazine rings is 1. The van der Waals surface area contributed by atoms with Crippen LogP contribution in [0.1, 0.15) is 24.8 Å². The Kier molecular flexibility index (Phi) is 4.98. The third kappa shape index (κ3) is 3.80. The van der Waals surface area contributed by atoms with Gasteiger partial charge >= 0.3 is 0 Å². The van der Waals surface area contributed by atoms with Crippen molar-refractivity contribution in [1.29, 1.82) is 0 Å². The zero-order chi connectivity index (χ0) is 15.4. The third-order valence-electron chi connectivity index (χ3n) is 4.81. The lowest BCUT2D eigenvalue weighted by Crippen LogP contribution is -2.51. The molecule has 0 bridgehead atoms. The van der Waals surface area contributed by atoms with Gasteiger partial charge in [-0.25, -0.2) is 0 Å². The summed E-state index contributed by atoms with van der Waals surface area (Å²) in [5.41, 5.74) is 2.57. The number of carbonyl (C=O) groups is 1. The third-order valence-corrected chi connectivity index (χ3v) is 4.81. The minimum absolute atomic E-state index is 0.311. The van der Waals surface area contributed by atoms with Gasteiger partial charge in [0.2, 0.25) is 5.91 Å². The molecule has 0 aromatic heterocycles. The fourth-order valence-electron chi connectivity index (χ4n) is 3.45. The van der Waals surface area contributed by atoms with E-state index in [0.717, 1.165) is 39.3 Å². The van der Waals surface area contributed by atoms with Crippen LogP contribution in [0.3, 0.4) is 0 Å². The van der Waals surface area contributed by atoms with Crippen molar-refractivity contribution in [2.24, 2.45) is 0 Å². The standard InChI is InChI=1S/C18H27N3O/c1-16-6-5-7-17(14-16)20-10-12-21(13-11-20)18(22)15-19-8-3-2-4-9-19/h5-7,14H,2-4,8-13,15H2,1H3. The first-order valence-electron chi connectivity index (χ1n) is 8.54. The maximum atomic E-state index is 12.4. The summed E-state index contributed by atoms with van der Waals surface area (Å²) in [6.45, 7) is 8.50. The lowest BCUT2D eigenvalue weighted by molar-refractivity contribution is -0.132. The van der Waals surface area contributed by atoms with Crippen LogP contribution in [0.2, 0.25) is 0 Å². The molecule has 0 radical (unpaired) electrons. The molecule has 1 amide bonds. The summed E-state index contributed by atoms with van der Waals surface area (Å²) in [7, 11) is 0. The van der Waals surface area contributed by atoms with Crippen molar-refractivity contribution in [2.75, 3.05) is 50.7 Å². The molecule has 1 aromatic rings. The Morgan fingerprint density at radius 3 is 2.41 bits per heavy atom. The van der Waals surface area contributed by atoms with Gasteiger partial charge in [0.05, 0.1) is 6.54 Å². The van der Waals surface area contributed by atoms with Crippen molar-refractivity contribution < 1.29 is 4.79 Å². The van der Waals surface area contributed by atoms with Gasteiger partial charge in [0.1, 0.15) is 0 Å². The lowest BCUT2D eigenvalue weighted by Gasteiger charge is -2.37. The van der Waals surface area contributed by atoms with E-state index in [1.54, 1.807) is 0 Å². The first kappa shape index (κ1) is 15.3. The average Bonchev–Trinajstić information content (AvgIpc) is 2.56. The summed E-state index contributed by atoms with van der Waals surface area (Å²) >= 11 is 0. The van der Waals surface area contributed by atoms with Gasteiger partial charge in [0, 0.05) is 31.9 Å². The normalized spacial score (nSPS) is 20.2. The summed E-state index contributed by atoms with van der Waals surface area (Å²) in [5.74, 6) is 0.311. The molecule has 2 aliphatic heterocycles. The molecule has 120 valence electrons. The van der Waals surface area contributed by atoms with Crippen molar-refractivity contribution in [3.05, 3.63) is 29.8 Å². The number of rotatable bonds is 3. The van der Waals surface area contributed by atoms with E-state index in [1.165, 1.54) is 30.5 Å². The Morgan fingerprint density at radius 2 is 1.73 bits per heavy atom. The molecule has 4 heteroatoms. The Hall–Kier alpha value is -1.55. The van der Waals surface area contributed by atoms with Crippen LogP contribution in [0.4, 0.5) is 5.69 Å². The number of aryl methyl sites for hydroxylation is 1. The zero-order valence-corrected chi connectivity index (χ0v) is 13.6. The highest BCUT2D eigenvalue weighted by molar-refractivity contribution is 5.78. The van der Waals surface area contributed by atoms with Gasteiger partial charge in [-0.2, -0.15) is 0 Å². The summed E-state index contributed by atoms with van der Waals surface area (Å²) in [4.78, 5) is 19.2. The first-order chi connectivity index (χ1) is 10.7. The van der Waals surface area contributed by atoms with Crippen molar-refractivity contribution in [2.45, 2.75) is 26.2 Å². The largest absolute Gasteiger partial charge is 0.368 e. The second-order valence-corrected chi connectivity index (χ2v) is 6.54. The number of amides is 1. The molecule has 0 unspecified atom stereocenters. The number of piperidine rings is 1. The number of carbonyl (C=O) groups excluding carboxylic acids is 1. The number of benzene rings is 1. The van der Waals surface area contributed by atoms with Crippen LogP contribution in [0, 0.1) is 6.92 Å². The van der Waals surface area contributed by atoms with Gasteiger partial charge in [0.25, 0.3) is 0 Å². The monoisotopic (exact) mass is 301 g/mol. The van der Waals surface area contributed by atoms with Crippen molar-refractivity contribution in [1.82, 2.24) is 9.80 Å². The number of anilines is 1. The molecule has 1 aromatic carbocycles. The summed E-state index contributed by atoms with van der Waals surface area (Å²) < 4.78 is 0. The Balaban J connectivity index is 1.49. The van der Waals surface area contributed by atoms with Gasteiger partial charge < -0.3 is 9.80 Å². The minimum Gasteiger partial charge on any atom is -0.368 e. The van der Waals surface area contributed by atoms with Crippen LogP contribution in [0.5, 0.6) is 0 Å². The Bertz CT molecular complexity index is 503. The van der Waals surface area contributed by atoms with E-state index in [0.29, 0.717) is 12.5 Å². The highest BCUT2D eigenvalue weighted by atomic mass is 16.2. The van der Waals surface area contributed by atoms with E-state index in [2.05, 4.69) is 41.0 Å². The van der Waals surface area contributed by atoms with Crippen molar-refractivity contribution in [3.8, 4) is 0 Å². The fraction of sp³-hybridized carbons (Fsp3) is 0.611. The van der Waals surface area contributed by atoms with Crippen LogP contribution in [-0.4, -0.2) is 61.5 Å². The maximum absolute atomic E-state index is 12.4. The number of likely N-dealkylation sites (tertiary alicyclic amines) is 1. The molecule has 0 spiro atoms. The van der Waals surface area contributed by atoms with E-state index in [9.17, 15) is 4.79 Å². The lowest BCUT2D eigenvalue weighted by atomic mass is 10.1. The van der Waals surface area contributed by atoms with E-state index >= 15 is 0 Å². The highest BCUT2D eigenvalue weighted by Crippen LogP contribution is 2.18. The number of hydrogen-bond donors (Lipinski definition) is 0. The topological polar surface area (TPSA) is 26.8 Å².